The van der Waals surface area contributed by atoms with Crippen molar-refractivity contribution in [1.82, 2.24) is 10.2 Å². The highest BCUT2D eigenvalue weighted by Crippen LogP contribution is 2.32. The molecule has 2 rings (SSSR count). The third-order valence-corrected chi connectivity index (χ3v) is 5.52. The Morgan fingerprint density at radius 3 is 2.95 bits per heavy atom. The third kappa shape index (κ3) is 4.07. The fraction of sp³-hybridized carbons (Fsp3) is 0.706. The van der Waals surface area contributed by atoms with Crippen LogP contribution in [0, 0.1) is 5.92 Å². The molecule has 1 aliphatic rings. The number of hydrogen-bond donors (Lipinski definition) is 1. The number of carbonyl (C=O) groups excluding carboxylic acids is 1. The smallest absolute Gasteiger partial charge is 0.252 e. The molecule has 0 bridgehead atoms. The van der Waals surface area contributed by atoms with Crippen molar-refractivity contribution in [3.8, 4) is 0 Å². The molecule has 1 N–H and O–H groups in total. The van der Waals surface area contributed by atoms with Gasteiger partial charge in [0.2, 0.25) is 0 Å². The Bertz CT molecular complexity index is 481. The average Bonchev–Trinajstić information content (AvgIpc) is 2.85. The first kappa shape index (κ1) is 16.5. The van der Waals surface area contributed by atoms with Crippen LogP contribution in [0.3, 0.4) is 0 Å². The van der Waals surface area contributed by atoms with Crippen molar-refractivity contribution in [2.24, 2.45) is 5.92 Å². The van der Waals surface area contributed by atoms with Crippen molar-refractivity contribution < 1.29 is 4.79 Å². The molecule has 1 aromatic rings. The highest BCUT2D eigenvalue weighted by Gasteiger charge is 2.23. The molecule has 0 fully saturated rings. The van der Waals surface area contributed by atoms with E-state index in [4.69, 9.17) is 0 Å². The Labute approximate surface area is 132 Å². The molecule has 118 valence electrons. The summed E-state index contributed by atoms with van der Waals surface area (Å²) in [5.74, 6) is 0.873. The second kappa shape index (κ2) is 7.41. The Hall–Kier alpha value is -0.870. The minimum Gasteiger partial charge on any atom is -0.351 e. The van der Waals surface area contributed by atoms with Crippen LogP contribution >= 0.6 is 11.3 Å². The van der Waals surface area contributed by atoms with Gasteiger partial charge in [-0.05, 0) is 51.1 Å². The predicted octanol–water partition coefficient (Wildman–Crippen LogP) is 3.33. The van der Waals surface area contributed by atoms with E-state index < -0.39 is 0 Å². The zero-order valence-corrected chi connectivity index (χ0v) is 14.6. The SMILES string of the molecule is CCN(CCNC(=O)c1csc2c1CCC(C)C2)C(C)C. The van der Waals surface area contributed by atoms with Crippen LogP contribution in [0.15, 0.2) is 5.38 Å². The molecule has 4 heteroatoms. The maximum Gasteiger partial charge on any atom is 0.252 e. The molecule has 21 heavy (non-hydrogen) atoms. The summed E-state index contributed by atoms with van der Waals surface area (Å²) in [6, 6.07) is 0.530. The van der Waals surface area contributed by atoms with E-state index in [9.17, 15) is 4.79 Å². The van der Waals surface area contributed by atoms with Crippen LogP contribution in [0.2, 0.25) is 0 Å². The van der Waals surface area contributed by atoms with E-state index in [2.05, 4.69) is 43.3 Å². The lowest BCUT2D eigenvalue weighted by Gasteiger charge is -2.24. The second-order valence-corrected chi connectivity index (χ2v) is 7.34. The lowest BCUT2D eigenvalue weighted by Crippen LogP contribution is -2.38. The van der Waals surface area contributed by atoms with Crippen molar-refractivity contribution in [2.75, 3.05) is 19.6 Å². The molecule has 0 aliphatic heterocycles. The van der Waals surface area contributed by atoms with Gasteiger partial charge in [-0.3, -0.25) is 9.69 Å². The van der Waals surface area contributed by atoms with Gasteiger partial charge >= 0.3 is 0 Å². The van der Waals surface area contributed by atoms with Gasteiger partial charge < -0.3 is 5.32 Å². The lowest BCUT2D eigenvalue weighted by molar-refractivity contribution is 0.0945. The van der Waals surface area contributed by atoms with Crippen LogP contribution in [0.1, 0.15) is 54.9 Å². The standard InChI is InChI=1S/C17H28N2OS/c1-5-19(12(2)3)9-8-18-17(20)15-11-21-16-10-13(4)6-7-14(15)16/h11-13H,5-10H2,1-4H3,(H,18,20). The van der Waals surface area contributed by atoms with E-state index >= 15 is 0 Å². The van der Waals surface area contributed by atoms with E-state index in [-0.39, 0.29) is 5.91 Å². The number of nitrogens with zero attached hydrogens (tertiary/aromatic N) is 1. The summed E-state index contributed by atoms with van der Waals surface area (Å²) < 4.78 is 0. The minimum absolute atomic E-state index is 0.113. The number of nitrogens with one attached hydrogen (secondary N) is 1. The number of hydrogen-bond acceptors (Lipinski definition) is 3. The summed E-state index contributed by atoms with van der Waals surface area (Å²) in [6.07, 6.45) is 3.42. The summed E-state index contributed by atoms with van der Waals surface area (Å²) in [5, 5.41) is 5.15. The monoisotopic (exact) mass is 308 g/mol. The topological polar surface area (TPSA) is 32.3 Å². The van der Waals surface area contributed by atoms with Gasteiger partial charge in [0.15, 0.2) is 0 Å². The van der Waals surface area contributed by atoms with Gasteiger partial charge in [-0.2, -0.15) is 0 Å². The van der Waals surface area contributed by atoms with Crippen LogP contribution in [0.5, 0.6) is 0 Å². The molecule has 0 aromatic carbocycles. The van der Waals surface area contributed by atoms with E-state index in [1.807, 2.05) is 0 Å². The van der Waals surface area contributed by atoms with Gasteiger partial charge in [-0.25, -0.2) is 0 Å². The van der Waals surface area contributed by atoms with Crippen LogP contribution in [-0.2, 0) is 12.8 Å². The number of likely N-dealkylation sites (N-methyl/N-ethyl adjacent to an activating group) is 1. The van der Waals surface area contributed by atoms with Gasteiger partial charge in [0.05, 0.1) is 5.56 Å². The number of rotatable bonds is 6. The van der Waals surface area contributed by atoms with Gasteiger partial charge in [-0.15, -0.1) is 11.3 Å². The van der Waals surface area contributed by atoms with Crippen LogP contribution in [-0.4, -0.2) is 36.5 Å². The number of fused-ring (bicyclic) bond motifs is 1. The molecule has 1 heterocycles. The Morgan fingerprint density at radius 2 is 2.29 bits per heavy atom. The molecule has 1 aromatic heterocycles. The minimum atomic E-state index is 0.113. The first-order valence-corrected chi connectivity index (χ1v) is 9.02. The largest absolute Gasteiger partial charge is 0.351 e. The first-order valence-electron chi connectivity index (χ1n) is 8.14. The molecule has 0 saturated heterocycles. The molecule has 0 spiro atoms. The molecule has 1 aliphatic carbocycles. The van der Waals surface area contributed by atoms with Crippen LogP contribution < -0.4 is 5.32 Å². The zero-order valence-electron chi connectivity index (χ0n) is 13.7. The van der Waals surface area contributed by atoms with E-state index in [0.717, 1.165) is 44.0 Å². The molecule has 3 nitrogen and oxygen atoms in total. The molecule has 0 saturated carbocycles. The lowest BCUT2D eigenvalue weighted by atomic mass is 9.88. The fourth-order valence-electron chi connectivity index (χ4n) is 3.06. The highest BCUT2D eigenvalue weighted by atomic mass is 32.1. The maximum absolute atomic E-state index is 12.4. The predicted molar refractivity (Wildman–Crippen MR) is 90.2 cm³/mol. The Morgan fingerprint density at radius 1 is 1.52 bits per heavy atom. The molecular formula is C17H28N2OS. The van der Waals surface area contributed by atoms with Gasteiger partial charge in [-0.1, -0.05) is 13.8 Å². The maximum atomic E-state index is 12.4. The number of amides is 1. The highest BCUT2D eigenvalue weighted by molar-refractivity contribution is 7.10. The molecule has 1 unspecified atom stereocenters. The van der Waals surface area contributed by atoms with E-state index in [1.54, 1.807) is 11.3 Å². The van der Waals surface area contributed by atoms with Gasteiger partial charge in [0, 0.05) is 29.4 Å². The molecular weight excluding hydrogens is 280 g/mol. The van der Waals surface area contributed by atoms with E-state index in [1.165, 1.54) is 16.9 Å². The second-order valence-electron chi connectivity index (χ2n) is 6.38. The first-order chi connectivity index (χ1) is 10.0. The third-order valence-electron chi connectivity index (χ3n) is 4.47. The van der Waals surface area contributed by atoms with Crippen LogP contribution in [0.4, 0.5) is 0 Å². The van der Waals surface area contributed by atoms with Crippen molar-refractivity contribution in [2.45, 2.75) is 53.0 Å². The average molecular weight is 308 g/mol. The normalized spacial score (nSPS) is 18.1. The molecule has 1 atom stereocenters. The summed E-state index contributed by atoms with van der Waals surface area (Å²) in [4.78, 5) is 16.2. The fourth-order valence-corrected chi connectivity index (χ4v) is 4.30. The number of carbonyl (C=O) groups is 1. The molecule has 1 amide bonds. The summed E-state index contributed by atoms with van der Waals surface area (Å²) >= 11 is 1.76. The summed E-state index contributed by atoms with van der Waals surface area (Å²) in [7, 11) is 0. The zero-order chi connectivity index (χ0) is 15.4. The summed E-state index contributed by atoms with van der Waals surface area (Å²) in [6.45, 7) is 11.5. The Kier molecular flexibility index (Phi) is 5.82. The van der Waals surface area contributed by atoms with Crippen LogP contribution in [0.25, 0.3) is 0 Å². The number of thiophene rings is 1. The van der Waals surface area contributed by atoms with Crippen molar-refractivity contribution in [1.29, 1.82) is 0 Å². The van der Waals surface area contributed by atoms with Crippen molar-refractivity contribution >= 4 is 17.2 Å². The van der Waals surface area contributed by atoms with Gasteiger partial charge in [0.25, 0.3) is 5.91 Å². The quantitative estimate of drug-likeness (QED) is 0.874. The molecule has 0 radical (unpaired) electrons. The van der Waals surface area contributed by atoms with Crippen molar-refractivity contribution in [3.63, 3.8) is 0 Å². The summed E-state index contributed by atoms with van der Waals surface area (Å²) in [5.41, 5.74) is 2.24. The Balaban J connectivity index is 1.90. The van der Waals surface area contributed by atoms with Gasteiger partial charge in [0.1, 0.15) is 0 Å². The van der Waals surface area contributed by atoms with E-state index in [0.29, 0.717) is 6.04 Å². The van der Waals surface area contributed by atoms with Crippen molar-refractivity contribution in [3.05, 3.63) is 21.4 Å².